The van der Waals surface area contributed by atoms with Crippen LogP contribution in [0.3, 0.4) is 0 Å². The van der Waals surface area contributed by atoms with Gasteiger partial charge in [0.05, 0.1) is 35.2 Å². The zero-order chi connectivity index (χ0) is 23.4. The van der Waals surface area contributed by atoms with E-state index in [1.54, 1.807) is 12.1 Å². The summed E-state index contributed by atoms with van der Waals surface area (Å²) in [5.41, 5.74) is 2.60. The highest BCUT2D eigenvalue weighted by Gasteiger charge is 2.20. The summed E-state index contributed by atoms with van der Waals surface area (Å²) in [7, 11) is 1.48. The number of hydrogen-bond acceptors (Lipinski definition) is 9. The molecule has 0 saturated heterocycles. The first-order valence-corrected chi connectivity index (χ1v) is 11.5. The molecule has 10 heteroatoms. The van der Waals surface area contributed by atoms with Crippen LogP contribution in [0.15, 0.2) is 57.4 Å². The number of aromatic nitrogens is 2. The minimum Gasteiger partial charge on any atom is -0.503 e. The van der Waals surface area contributed by atoms with Crippen molar-refractivity contribution in [2.24, 2.45) is 10.2 Å². The molecule has 0 spiro atoms. The summed E-state index contributed by atoms with van der Waals surface area (Å²) in [5.74, 6) is 1.45. The van der Waals surface area contributed by atoms with E-state index < -0.39 is 0 Å². The summed E-state index contributed by atoms with van der Waals surface area (Å²) >= 11 is 4.69. The predicted molar refractivity (Wildman–Crippen MR) is 129 cm³/mol. The fraction of sp³-hybridized carbons (Fsp3) is 0.174. The lowest BCUT2D eigenvalue weighted by Gasteiger charge is -2.08. The van der Waals surface area contributed by atoms with Crippen LogP contribution < -0.4 is 9.47 Å². The average molecular weight is 524 g/mol. The molecule has 2 aromatic heterocycles. The molecular formula is C23H18BrN5O3S. The van der Waals surface area contributed by atoms with Gasteiger partial charge >= 0.3 is 0 Å². The lowest BCUT2D eigenvalue weighted by atomic mass is 10.1. The Morgan fingerprint density at radius 1 is 1.21 bits per heavy atom. The van der Waals surface area contributed by atoms with Crippen molar-refractivity contribution in [3.63, 3.8) is 0 Å². The first-order valence-electron chi connectivity index (χ1n) is 9.90. The summed E-state index contributed by atoms with van der Waals surface area (Å²) in [5, 5.41) is 28.4. The Labute approximate surface area is 202 Å². The van der Waals surface area contributed by atoms with Gasteiger partial charge in [-0.05, 0) is 52.7 Å². The highest BCUT2D eigenvalue weighted by Crippen LogP contribution is 2.43. The maximum Gasteiger partial charge on any atom is 0.195 e. The SMILES string of the molecule is CCOc1ccccc1-c1sc2c(N=NCc3cc(Br)c(O)c(OC)c3)ncnc2c1C#N. The molecule has 2 heterocycles. The maximum absolute atomic E-state index is 9.97. The van der Waals surface area contributed by atoms with Crippen LogP contribution in [0.1, 0.15) is 18.1 Å². The Morgan fingerprint density at radius 3 is 2.79 bits per heavy atom. The molecule has 0 aliphatic heterocycles. The van der Waals surface area contributed by atoms with E-state index in [1.165, 1.54) is 24.8 Å². The van der Waals surface area contributed by atoms with Crippen LogP contribution in [0.4, 0.5) is 5.82 Å². The van der Waals surface area contributed by atoms with Gasteiger partial charge in [-0.25, -0.2) is 9.97 Å². The number of aromatic hydroxyl groups is 1. The van der Waals surface area contributed by atoms with Crippen molar-refractivity contribution in [1.29, 1.82) is 5.26 Å². The summed E-state index contributed by atoms with van der Waals surface area (Å²) in [6.45, 7) is 2.68. The number of phenols is 1. The minimum absolute atomic E-state index is 0.0261. The Hall–Kier alpha value is -3.55. The second-order valence-corrected chi connectivity index (χ2v) is 8.63. The van der Waals surface area contributed by atoms with Crippen LogP contribution in [0.25, 0.3) is 20.7 Å². The molecule has 0 bridgehead atoms. The van der Waals surface area contributed by atoms with Crippen molar-refractivity contribution < 1.29 is 14.6 Å². The lowest BCUT2D eigenvalue weighted by Crippen LogP contribution is -1.93. The molecule has 0 amide bonds. The molecule has 166 valence electrons. The summed E-state index contributed by atoms with van der Waals surface area (Å²) in [6, 6.07) is 13.3. The van der Waals surface area contributed by atoms with Crippen molar-refractivity contribution in [3.05, 3.63) is 58.3 Å². The van der Waals surface area contributed by atoms with Crippen LogP contribution in [0.2, 0.25) is 0 Å². The molecule has 0 aliphatic carbocycles. The first kappa shape index (κ1) is 22.6. The molecule has 0 fully saturated rings. The molecule has 8 nitrogen and oxygen atoms in total. The van der Waals surface area contributed by atoms with Crippen LogP contribution in [0, 0.1) is 11.3 Å². The quantitative estimate of drug-likeness (QED) is 0.280. The zero-order valence-corrected chi connectivity index (χ0v) is 20.1. The summed E-state index contributed by atoms with van der Waals surface area (Å²) in [4.78, 5) is 9.35. The van der Waals surface area contributed by atoms with E-state index in [4.69, 9.17) is 9.47 Å². The number of thiophene rings is 1. The second kappa shape index (κ2) is 9.94. The van der Waals surface area contributed by atoms with Gasteiger partial charge in [0, 0.05) is 5.56 Å². The number of ether oxygens (including phenoxy) is 2. The van der Waals surface area contributed by atoms with E-state index in [9.17, 15) is 10.4 Å². The average Bonchev–Trinajstić information content (AvgIpc) is 3.21. The van der Waals surface area contributed by atoms with Gasteiger partial charge in [0.2, 0.25) is 0 Å². The molecule has 1 N–H and O–H groups in total. The Balaban J connectivity index is 1.72. The summed E-state index contributed by atoms with van der Waals surface area (Å²) < 4.78 is 12.1. The zero-order valence-electron chi connectivity index (χ0n) is 17.7. The summed E-state index contributed by atoms with van der Waals surface area (Å²) in [6.07, 6.45) is 1.38. The lowest BCUT2D eigenvalue weighted by molar-refractivity contribution is 0.341. The molecule has 2 aromatic carbocycles. The van der Waals surface area contributed by atoms with E-state index in [-0.39, 0.29) is 12.3 Å². The Morgan fingerprint density at radius 2 is 2.03 bits per heavy atom. The highest BCUT2D eigenvalue weighted by atomic mass is 79.9. The molecule has 0 aliphatic rings. The monoisotopic (exact) mass is 523 g/mol. The molecular weight excluding hydrogens is 506 g/mol. The normalized spacial score (nSPS) is 11.1. The van der Waals surface area contributed by atoms with Crippen molar-refractivity contribution in [1.82, 2.24) is 9.97 Å². The van der Waals surface area contributed by atoms with Gasteiger partial charge in [0.15, 0.2) is 17.3 Å². The maximum atomic E-state index is 9.97. The fourth-order valence-electron chi connectivity index (χ4n) is 3.26. The van der Waals surface area contributed by atoms with Crippen LogP contribution >= 0.6 is 27.3 Å². The van der Waals surface area contributed by atoms with Gasteiger partial charge in [-0.3, -0.25) is 0 Å². The second-order valence-electron chi connectivity index (χ2n) is 6.75. The van der Waals surface area contributed by atoms with E-state index in [2.05, 4.69) is 42.2 Å². The third kappa shape index (κ3) is 4.51. The number of phenolic OH excluding ortho intramolecular Hbond substituents is 1. The number of halogens is 1. The highest BCUT2D eigenvalue weighted by molar-refractivity contribution is 9.10. The largest absolute Gasteiger partial charge is 0.503 e. The third-order valence-electron chi connectivity index (χ3n) is 4.72. The van der Waals surface area contributed by atoms with E-state index in [0.29, 0.717) is 44.2 Å². The van der Waals surface area contributed by atoms with E-state index in [1.807, 2.05) is 31.2 Å². The van der Waals surface area contributed by atoms with Crippen LogP contribution in [0.5, 0.6) is 17.2 Å². The van der Waals surface area contributed by atoms with Crippen molar-refractivity contribution in [2.75, 3.05) is 13.7 Å². The Kier molecular flexibility index (Phi) is 6.82. The predicted octanol–water partition coefficient (Wildman–Crippen LogP) is 6.39. The molecule has 4 rings (SSSR count). The Bertz CT molecular complexity index is 1400. The molecule has 0 unspecified atom stereocenters. The first-order chi connectivity index (χ1) is 16.1. The van der Waals surface area contributed by atoms with Gasteiger partial charge in [0.1, 0.15) is 28.4 Å². The van der Waals surface area contributed by atoms with Crippen LogP contribution in [-0.2, 0) is 6.54 Å². The van der Waals surface area contributed by atoms with Gasteiger partial charge in [-0.1, -0.05) is 12.1 Å². The number of para-hydroxylation sites is 1. The van der Waals surface area contributed by atoms with Gasteiger partial charge in [-0.2, -0.15) is 10.4 Å². The smallest absolute Gasteiger partial charge is 0.195 e. The number of fused-ring (bicyclic) bond motifs is 1. The van der Waals surface area contributed by atoms with Crippen LogP contribution in [-0.4, -0.2) is 28.8 Å². The number of nitriles is 1. The molecule has 0 saturated carbocycles. The molecule has 0 atom stereocenters. The topological polar surface area (TPSA) is 113 Å². The van der Waals surface area contributed by atoms with E-state index in [0.717, 1.165) is 16.0 Å². The third-order valence-corrected chi connectivity index (χ3v) is 6.54. The fourth-order valence-corrected chi connectivity index (χ4v) is 4.91. The number of hydrogen-bond donors (Lipinski definition) is 1. The van der Waals surface area contributed by atoms with Crippen molar-refractivity contribution in [3.8, 4) is 33.8 Å². The van der Waals surface area contributed by atoms with Gasteiger partial charge in [0.25, 0.3) is 0 Å². The van der Waals surface area contributed by atoms with Crippen molar-refractivity contribution in [2.45, 2.75) is 13.5 Å². The van der Waals surface area contributed by atoms with E-state index >= 15 is 0 Å². The minimum atomic E-state index is 0.0261. The molecule has 4 aromatic rings. The number of methoxy groups -OCH3 is 1. The molecule has 33 heavy (non-hydrogen) atoms. The number of benzene rings is 2. The standard InChI is InChI=1S/C23H18BrN5O3S/c1-3-32-17-7-5-4-6-14(17)21-15(10-25)19-22(33-21)23(27-12-26-19)29-28-11-13-8-16(24)20(30)18(9-13)31-2/h4-9,12,30H,3,11H2,1-2H3. The van der Waals surface area contributed by atoms with Gasteiger partial charge < -0.3 is 14.6 Å². The van der Waals surface area contributed by atoms with Crippen molar-refractivity contribution >= 4 is 43.3 Å². The number of azo groups is 1. The number of nitrogens with zero attached hydrogens (tertiary/aromatic N) is 5. The van der Waals surface area contributed by atoms with Gasteiger partial charge in [-0.15, -0.1) is 16.5 Å². The number of rotatable bonds is 7. The molecule has 0 radical (unpaired) electrons.